The van der Waals surface area contributed by atoms with Gasteiger partial charge in [0.25, 0.3) is 0 Å². The van der Waals surface area contributed by atoms with Crippen LogP contribution in [0.4, 0.5) is 0 Å². The molecule has 1 saturated heterocycles. The van der Waals surface area contributed by atoms with E-state index in [2.05, 4.69) is 49.0 Å². The molecule has 1 aliphatic heterocycles. The third-order valence-corrected chi connectivity index (χ3v) is 3.46. The van der Waals surface area contributed by atoms with Crippen LogP contribution >= 0.6 is 0 Å². The molecule has 1 aromatic carbocycles. The van der Waals surface area contributed by atoms with Gasteiger partial charge in [-0.1, -0.05) is 38.1 Å². The highest BCUT2D eigenvalue weighted by molar-refractivity contribution is 5.89. The van der Waals surface area contributed by atoms with Gasteiger partial charge >= 0.3 is 0 Å². The zero-order chi connectivity index (χ0) is 14.0. The molecule has 0 aliphatic carbocycles. The molecule has 1 aliphatic rings. The van der Waals surface area contributed by atoms with Crippen molar-refractivity contribution in [2.24, 2.45) is 11.3 Å². The van der Waals surface area contributed by atoms with Crippen LogP contribution in [0, 0.1) is 11.3 Å². The molecule has 0 saturated carbocycles. The Balaban J connectivity index is 2.26. The number of nitrogens with one attached hydrogen (secondary N) is 2. The quantitative estimate of drug-likeness (QED) is 0.875. The third-order valence-electron chi connectivity index (χ3n) is 3.46. The summed E-state index contributed by atoms with van der Waals surface area (Å²) in [5.41, 5.74) is 8.52. The number of benzene rings is 1. The van der Waals surface area contributed by atoms with E-state index in [0.717, 1.165) is 17.7 Å². The SMILES string of the molecule is CC(C)Cc1cccc(/C=C2\NNC(=O)C2(C)C)c1. The fourth-order valence-electron chi connectivity index (χ4n) is 2.22. The minimum Gasteiger partial charge on any atom is -0.302 e. The highest BCUT2D eigenvalue weighted by Gasteiger charge is 2.37. The summed E-state index contributed by atoms with van der Waals surface area (Å²) in [6.45, 7) is 8.28. The molecule has 0 aromatic heterocycles. The molecule has 0 bridgehead atoms. The van der Waals surface area contributed by atoms with Gasteiger partial charge in [-0.25, -0.2) is 0 Å². The van der Waals surface area contributed by atoms with E-state index in [9.17, 15) is 4.79 Å². The number of amides is 1. The minimum atomic E-state index is -0.492. The summed E-state index contributed by atoms with van der Waals surface area (Å²) in [4.78, 5) is 11.7. The third kappa shape index (κ3) is 2.98. The molecule has 3 heteroatoms. The second-order valence-electron chi connectivity index (χ2n) is 6.11. The predicted octanol–water partition coefficient (Wildman–Crippen LogP) is 2.89. The van der Waals surface area contributed by atoms with E-state index in [-0.39, 0.29) is 5.91 Å². The van der Waals surface area contributed by atoms with Crippen LogP contribution in [0.3, 0.4) is 0 Å². The van der Waals surface area contributed by atoms with Gasteiger partial charge in [0.15, 0.2) is 0 Å². The fraction of sp³-hybridized carbons (Fsp3) is 0.438. The van der Waals surface area contributed by atoms with E-state index < -0.39 is 5.41 Å². The zero-order valence-electron chi connectivity index (χ0n) is 12.1. The first kappa shape index (κ1) is 13.7. The van der Waals surface area contributed by atoms with E-state index in [1.54, 1.807) is 0 Å². The van der Waals surface area contributed by atoms with Gasteiger partial charge < -0.3 is 5.43 Å². The highest BCUT2D eigenvalue weighted by Crippen LogP contribution is 2.29. The van der Waals surface area contributed by atoms with Gasteiger partial charge in [-0.15, -0.1) is 0 Å². The maximum atomic E-state index is 11.7. The van der Waals surface area contributed by atoms with Crippen molar-refractivity contribution < 1.29 is 4.79 Å². The number of carbonyl (C=O) groups excluding carboxylic acids is 1. The molecule has 0 spiro atoms. The van der Waals surface area contributed by atoms with Crippen molar-refractivity contribution in [3.63, 3.8) is 0 Å². The molecule has 0 unspecified atom stereocenters. The summed E-state index contributed by atoms with van der Waals surface area (Å²) in [6.07, 6.45) is 3.12. The zero-order valence-corrected chi connectivity index (χ0v) is 12.1. The van der Waals surface area contributed by atoms with E-state index in [0.29, 0.717) is 5.92 Å². The molecule has 1 heterocycles. The van der Waals surface area contributed by atoms with Crippen LogP contribution in [0.15, 0.2) is 30.0 Å². The lowest BCUT2D eigenvalue weighted by Gasteiger charge is -2.14. The summed E-state index contributed by atoms with van der Waals surface area (Å²) in [5, 5.41) is 0. The average molecular weight is 258 g/mol. The Labute approximate surface area is 115 Å². The topological polar surface area (TPSA) is 41.1 Å². The van der Waals surface area contributed by atoms with Crippen molar-refractivity contribution in [1.82, 2.24) is 10.9 Å². The molecule has 3 nitrogen and oxygen atoms in total. The van der Waals surface area contributed by atoms with Crippen molar-refractivity contribution in [1.29, 1.82) is 0 Å². The first-order chi connectivity index (χ1) is 8.89. The number of rotatable bonds is 3. The second-order valence-corrected chi connectivity index (χ2v) is 6.11. The first-order valence-electron chi connectivity index (χ1n) is 6.77. The Hall–Kier alpha value is -1.77. The van der Waals surface area contributed by atoms with Crippen LogP contribution in [-0.2, 0) is 11.2 Å². The van der Waals surface area contributed by atoms with E-state index in [4.69, 9.17) is 0 Å². The lowest BCUT2D eigenvalue weighted by atomic mass is 9.89. The van der Waals surface area contributed by atoms with Gasteiger partial charge in [-0.2, -0.15) is 0 Å². The van der Waals surface area contributed by atoms with Crippen LogP contribution in [0.5, 0.6) is 0 Å². The van der Waals surface area contributed by atoms with Gasteiger partial charge in [-0.3, -0.25) is 10.2 Å². The van der Waals surface area contributed by atoms with E-state index in [1.807, 2.05) is 19.9 Å². The Kier molecular flexibility index (Phi) is 3.65. The van der Waals surface area contributed by atoms with E-state index in [1.165, 1.54) is 5.56 Å². The molecule has 1 aromatic rings. The maximum absolute atomic E-state index is 11.7. The molecule has 0 radical (unpaired) electrons. The number of hydrogen-bond donors (Lipinski definition) is 2. The number of hydrazine groups is 1. The molecular weight excluding hydrogens is 236 g/mol. The van der Waals surface area contributed by atoms with Gasteiger partial charge in [-0.05, 0) is 43.4 Å². The monoisotopic (exact) mass is 258 g/mol. The molecule has 19 heavy (non-hydrogen) atoms. The average Bonchev–Trinajstić information content (AvgIpc) is 2.56. The normalized spacial score (nSPS) is 19.6. The van der Waals surface area contributed by atoms with Gasteiger partial charge in [0, 0.05) is 5.70 Å². The van der Waals surface area contributed by atoms with Crippen LogP contribution in [-0.4, -0.2) is 5.91 Å². The summed E-state index contributed by atoms with van der Waals surface area (Å²) in [7, 11) is 0. The van der Waals surface area contributed by atoms with Gasteiger partial charge in [0.2, 0.25) is 5.91 Å². The largest absolute Gasteiger partial charge is 0.302 e. The van der Waals surface area contributed by atoms with Gasteiger partial charge in [0.05, 0.1) is 5.41 Å². The maximum Gasteiger partial charge on any atom is 0.249 e. The van der Waals surface area contributed by atoms with Gasteiger partial charge in [0.1, 0.15) is 0 Å². The van der Waals surface area contributed by atoms with Crippen LogP contribution < -0.4 is 10.9 Å². The lowest BCUT2D eigenvalue weighted by molar-refractivity contribution is -0.125. The predicted molar refractivity (Wildman–Crippen MR) is 78.0 cm³/mol. The number of carbonyl (C=O) groups is 1. The first-order valence-corrected chi connectivity index (χ1v) is 6.77. The lowest BCUT2D eigenvalue weighted by Crippen LogP contribution is -2.28. The summed E-state index contributed by atoms with van der Waals surface area (Å²) in [6, 6.07) is 8.48. The molecule has 2 rings (SSSR count). The summed E-state index contributed by atoms with van der Waals surface area (Å²) >= 11 is 0. The summed E-state index contributed by atoms with van der Waals surface area (Å²) < 4.78 is 0. The molecule has 1 amide bonds. The van der Waals surface area contributed by atoms with Crippen molar-refractivity contribution >= 4 is 12.0 Å². The molecule has 2 N–H and O–H groups in total. The Morgan fingerprint density at radius 2 is 2.00 bits per heavy atom. The number of hydrogen-bond acceptors (Lipinski definition) is 2. The van der Waals surface area contributed by atoms with E-state index >= 15 is 0 Å². The van der Waals surface area contributed by atoms with Crippen LogP contribution in [0.25, 0.3) is 6.08 Å². The molecule has 102 valence electrons. The van der Waals surface area contributed by atoms with Crippen molar-refractivity contribution in [2.45, 2.75) is 34.1 Å². The highest BCUT2D eigenvalue weighted by atomic mass is 16.2. The molecule has 1 fully saturated rings. The Bertz CT molecular complexity index is 515. The summed E-state index contributed by atoms with van der Waals surface area (Å²) in [5.74, 6) is 0.657. The molecular formula is C16H22N2O. The van der Waals surface area contributed by atoms with Crippen molar-refractivity contribution in [3.8, 4) is 0 Å². The minimum absolute atomic E-state index is 0.0112. The fourth-order valence-corrected chi connectivity index (χ4v) is 2.22. The van der Waals surface area contributed by atoms with Crippen LogP contribution in [0.1, 0.15) is 38.8 Å². The second kappa shape index (κ2) is 5.08. The Morgan fingerprint density at radius 1 is 1.26 bits per heavy atom. The molecule has 0 atom stereocenters. The Morgan fingerprint density at radius 3 is 2.58 bits per heavy atom. The smallest absolute Gasteiger partial charge is 0.249 e. The van der Waals surface area contributed by atoms with Crippen molar-refractivity contribution in [3.05, 3.63) is 41.1 Å². The standard InChI is InChI=1S/C16H22N2O/c1-11(2)8-12-6-5-7-13(9-12)10-14-16(3,4)15(19)18-17-14/h5-7,9-11,17H,8H2,1-4H3,(H,18,19)/b14-10-. The van der Waals surface area contributed by atoms with Crippen molar-refractivity contribution in [2.75, 3.05) is 0 Å². The van der Waals surface area contributed by atoms with Crippen LogP contribution in [0.2, 0.25) is 0 Å².